The standard InChI is InChI=1S/C11H17NO3/c1-7(12)8-5-10(14-3)11(15-4)6-9(8)13-2/h5-7H,12H2,1-4H3/t7-/m0/s1. The molecule has 1 rings (SSSR count). The molecule has 0 unspecified atom stereocenters. The van der Waals surface area contributed by atoms with Crippen molar-refractivity contribution in [3.63, 3.8) is 0 Å². The second-order valence-electron chi connectivity index (χ2n) is 3.24. The van der Waals surface area contributed by atoms with Crippen molar-refractivity contribution in [2.45, 2.75) is 13.0 Å². The number of rotatable bonds is 4. The number of ether oxygens (including phenoxy) is 3. The van der Waals surface area contributed by atoms with Crippen LogP contribution in [-0.2, 0) is 0 Å². The van der Waals surface area contributed by atoms with Crippen LogP contribution in [-0.4, -0.2) is 21.3 Å². The number of methoxy groups -OCH3 is 3. The quantitative estimate of drug-likeness (QED) is 0.824. The van der Waals surface area contributed by atoms with Gasteiger partial charge in [-0.3, -0.25) is 0 Å². The lowest BCUT2D eigenvalue weighted by molar-refractivity contribution is 0.346. The zero-order valence-corrected chi connectivity index (χ0v) is 9.53. The van der Waals surface area contributed by atoms with Crippen LogP contribution in [0.1, 0.15) is 18.5 Å². The SMILES string of the molecule is COc1cc(OC)c([C@H](C)N)cc1OC. The second kappa shape index (κ2) is 4.89. The summed E-state index contributed by atoms with van der Waals surface area (Å²) >= 11 is 0. The van der Waals surface area contributed by atoms with Crippen molar-refractivity contribution in [3.8, 4) is 17.2 Å². The molecular weight excluding hydrogens is 194 g/mol. The molecule has 0 aromatic heterocycles. The molecule has 2 N–H and O–H groups in total. The Bertz CT molecular complexity index is 337. The third-order valence-corrected chi connectivity index (χ3v) is 2.23. The van der Waals surface area contributed by atoms with Gasteiger partial charge >= 0.3 is 0 Å². The van der Waals surface area contributed by atoms with Crippen LogP contribution in [0.5, 0.6) is 17.2 Å². The average Bonchev–Trinajstić information content (AvgIpc) is 2.26. The van der Waals surface area contributed by atoms with E-state index in [9.17, 15) is 0 Å². The lowest BCUT2D eigenvalue weighted by Crippen LogP contribution is -2.07. The number of nitrogens with two attached hydrogens (primary N) is 1. The molecule has 15 heavy (non-hydrogen) atoms. The van der Waals surface area contributed by atoms with E-state index in [1.165, 1.54) is 0 Å². The van der Waals surface area contributed by atoms with Gasteiger partial charge in [-0.1, -0.05) is 0 Å². The molecule has 84 valence electrons. The summed E-state index contributed by atoms with van der Waals surface area (Å²) in [5.74, 6) is 2.01. The predicted molar refractivity (Wildman–Crippen MR) is 58.7 cm³/mol. The number of hydrogen-bond donors (Lipinski definition) is 1. The van der Waals surface area contributed by atoms with Gasteiger partial charge in [-0.05, 0) is 13.0 Å². The highest BCUT2D eigenvalue weighted by atomic mass is 16.5. The highest BCUT2D eigenvalue weighted by Crippen LogP contribution is 2.36. The van der Waals surface area contributed by atoms with Crippen molar-refractivity contribution >= 4 is 0 Å². The molecule has 0 aliphatic rings. The molecule has 0 amide bonds. The zero-order valence-electron chi connectivity index (χ0n) is 9.53. The molecular formula is C11H17NO3. The fourth-order valence-electron chi connectivity index (χ4n) is 1.41. The Morgan fingerprint density at radius 3 is 1.80 bits per heavy atom. The molecule has 0 saturated heterocycles. The van der Waals surface area contributed by atoms with Crippen LogP contribution in [0.2, 0.25) is 0 Å². The third-order valence-electron chi connectivity index (χ3n) is 2.23. The molecule has 0 radical (unpaired) electrons. The smallest absolute Gasteiger partial charge is 0.164 e. The van der Waals surface area contributed by atoms with E-state index in [1.807, 2.05) is 13.0 Å². The van der Waals surface area contributed by atoms with Crippen molar-refractivity contribution < 1.29 is 14.2 Å². The summed E-state index contributed by atoms with van der Waals surface area (Å²) in [6, 6.07) is 3.50. The number of hydrogen-bond acceptors (Lipinski definition) is 4. The van der Waals surface area contributed by atoms with E-state index in [2.05, 4.69) is 0 Å². The molecule has 1 aromatic carbocycles. The molecule has 1 aromatic rings. The van der Waals surface area contributed by atoms with Crippen molar-refractivity contribution in [1.82, 2.24) is 0 Å². The minimum Gasteiger partial charge on any atom is -0.496 e. The summed E-state index contributed by atoms with van der Waals surface area (Å²) in [4.78, 5) is 0. The molecule has 0 heterocycles. The summed E-state index contributed by atoms with van der Waals surface area (Å²) in [5.41, 5.74) is 6.73. The molecule has 0 aliphatic carbocycles. The van der Waals surface area contributed by atoms with E-state index in [0.29, 0.717) is 17.2 Å². The van der Waals surface area contributed by atoms with E-state index >= 15 is 0 Å². The van der Waals surface area contributed by atoms with Gasteiger partial charge in [-0.2, -0.15) is 0 Å². The first kappa shape index (κ1) is 11.7. The Kier molecular flexibility index (Phi) is 3.80. The van der Waals surface area contributed by atoms with Gasteiger partial charge in [0.25, 0.3) is 0 Å². The van der Waals surface area contributed by atoms with E-state index in [1.54, 1.807) is 27.4 Å². The molecule has 4 heteroatoms. The maximum atomic E-state index is 5.83. The molecule has 0 fully saturated rings. The predicted octanol–water partition coefficient (Wildman–Crippen LogP) is 1.73. The Morgan fingerprint density at radius 2 is 1.40 bits per heavy atom. The molecule has 0 bridgehead atoms. The van der Waals surface area contributed by atoms with Gasteiger partial charge in [0.1, 0.15) is 5.75 Å². The summed E-state index contributed by atoms with van der Waals surface area (Å²) in [6.45, 7) is 1.89. The fraction of sp³-hybridized carbons (Fsp3) is 0.455. The van der Waals surface area contributed by atoms with E-state index < -0.39 is 0 Å². The fourth-order valence-corrected chi connectivity index (χ4v) is 1.41. The van der Waals surface area contributed by atoms with Gasteiger partial charge < -0.3 is 19.9 Å². The van der Waals surface area contributed by atoms with Crippen molar-refractivity contribution in [2.75, 3.05) is 21.3 Å². The molecule has 0 saturated carbocycles. The second-order valence-corrected chi connectivity index (χ2v) is 3.24. The Hall–Kier alpha value is -1.42. The van der Waals surface area contributed by atoms with E-state index in [0.717, 1.165) is 5.56 Å². The molecule has 0 spiro atoms. The normalized spacial score (nSPS) is 12.1. The Balaban J connectivity index is 3.27. The first-order valence-electron chi connectivity index (χ1n) is 4.69. The summed E-state index contributed by atoms with van der Waals surface area (Å²) in [7, 11) is 4.78. The highest BCUT2D eigenvalue weighted by molar-refractivity contribution is 5.51. The van der Waals surface area contributed by atoms with Crippen LogP contribution < -0.4 is 19.9 Å². The van der Waals surface area contributed by atoms with Gasteiger partial charge in [-0.15, -0.1) is 0 Å². The topological polar surface area (TPSA) is 53.7 Å². The van der Waals surface area contributed by atoms with Crippen LogP contribution >= 0.6 is 0 Å². The molecule has 0 aliphatic heterocycles. The van der Waals surface area contributed by atoms with Crippen LogP contribution in [0, 0.1) is 0 Å². The lowest BCUT2D eigenvalue weighted by atomic mass is 10.1. The van der Waals surface area contributed by atoms with E-state index in [-0.39, 0.29) is 6.04 Å². The first-order chi connectivity index (χ1) is 7.13. The summed E-state index contributed by atoms with van der Waals surface area (Å²) in [5, 5.41) is 0. The van der Waals surface area contributed by atoms with Crippen LogP contribution in [0.3, 0.4) is 0 Å². The largest absolute Gasteiger partial charge is 0.496 e. The lowest BCUT2D eigenvalue weighted by Gasteiger charge is -2.15. The maximum absolute atomic E-state index is 5.83. The minimum absolute atomic E-state index is 0.111. The van der Waals surface area contributed by atoms with Gasteiger partial charge in [-0.25, -0.2) is 0 Å². The maximum Gasteiger partial charge on any atom is 0.164 e. The zero-order chi connectivity index (χ0) is 11.4. The van der Waals surface area contributed by atoms with Crippen LogP contribution in [0.25, 0.3) is 0 Å². The minimum atomic E-state index is -0.111. The first-order valence-corrected chi connectivity index (χ1v) is 4.69. The number of benzene rings is 1. The van der Waals surface area contributed by atoms with Crippen LogP contribution in [0.15, 0.2) is 12.1 Å². The summed E-state index contributed by atoms with van der Waals surface area (Å²) in [6.07, 6.45) is 0. The Labute approximate surface area is 89.9 Å². The van der Waals surface area contributed by atoms with Gasteiger partial charge in [0.2, 0.25) is 0 Å². The monoisotopic (exact) mass is 211 g/mol. The highest BCUT2D eigenvalue weighted by Gasteiger charge is 2.13. The van der Waals surface area contributed by atoms with Gasteiger partial charge in [0.05, 0.1) is 21.3 Å². The van der Waals surface area contributed by atoms with Crippen molar-refractivity contribution in [3.05, 3.63) is 17.7 Å². The van der Waals surface area contributed by atoms with Gasteiger partial charge in [0, 0.05) is 17.7 Å². The summed E-state index contributed by atoms with van der Waals surface area (Å²) < 4.78 is 15.6. The molecule has 1 atom stereocenters. The van der Waals surface area contributed by atoms with Crippen molar-refractivity contribution in [2.24, 2.45) is 5.73 Å². The van der Waals surface area contributed by atoms with Crippen LogP contribution in [0.4, 0.5) is 0 Å². The Morgan fingerprint density at radius 1 is 0.933 bits per heavy atom. The average molecular weight is 211 g/mol. The van der Waals surface area contributed by atoms with Gasteiger partial charge in [0.15, 0.2) is 11.5 Å². The van der Waals surface area contributed by atoms with Crippen molar-refractivity contribution in [1.29, 1.82) is 0 Å². The van der Waals surface area contributed by atoms with E-state index in [4.69, 9.17) is 19.9 Å². The molecule has 4 nitrogen and oxygen atoms in total. The third kappa shape index (κ3) is 2.33.